The van der Waals surface area contributed by atoms with Gasteiger partial charge in [-0.25, -0.2) is 0 Å². The monoisotopic (exact) mass is 164 g/mol. The molecule has 0 aromatic heterocycles. The summed E-state index contributed by atoms with van der Waals surface area (Å²) in [7, 11) is 0. The Labute approximate surface area is 66.2 Å². The average molecular weight is 164 g/mol. The zero-order chi connectivity index (χ0) is 7.11. The van der Waals surface area contributed by atoms with E-state index in [-0.39, 0.29) is 0 Å². The van der Waals surface area contributed by atoms with Crippen LogP contribution in [0.4, 0.5) is 0 Å². The Morgan fingerprint density at radius 3 is 2.78 bits per heavy atom. The van der Waals surface area contributed by atoms with Crippen LogP contribution in [0.2, 0.25) is 0 Å². The number of ether oxygens (including phenoxy) is 1. The third-order valence-corrected chi connectivity index (χ3v) is 1.95. The van der Waals surface area contributed by atoms with Gasteiger partial charge in [-0.3, -0.25) is 0 Å². The van der Waals surface area contributed by atoms with E-state index in [0.29, 0.717) is 4.38 Å². The zero-order valence-corrected chi connectivity index (χ0v) is 7.48. The number of unbranched alkanes of at least 4 members (excludes halogenated alkanes) is 1. The molecule has 0 atom stereocenters. The normalized spacial score (nSPS) is 9.11. The van der Waals surface area contributed by atoms with Crippen LogP contribution in [0.3, 0.4) is 0 Å². The molecule has 0 bridgehead atoms. The summed E-state index contributed by atoms with van der Waals surface area (Å²) in [6, 6.07) is 0. The van der Waals surface area contributed by atoms with Gasteiger partial charge in [0.05, 0.1) is 6.61 Å². The Hall–Kier alpha value is 0.240. The lowest BCUT2D eigenvalue weighted by Gasteiger charge is -2.01. The summed E-state index contributed by atoms with van der Waals surface area (Å²) in [6.07, 6.45) is 4.19. The molecule has 0 fully saturated rings. The molecule has 0 saturated carbocycles. The van der Waals surface area contributed by atoms with Gasteiger partial charge in [-0.1, -0.05) is 25.1 Å². The number of thioether (sulfide) groups is 1. The van der Waals surface area contributed by atoms with E-state index in [9.17, 15) is 0 Å². The first kappa shape index (κ1) is 9.24. The van der Waals surface area contributed by atoms with E-state index in [1.165, 1.54) is 11.8 Å². The van der Waals surface area contributed by atoms with E-state index >= 15 is 0 Å². The molecule has 54 valence electrons. The van der Waals surface area contributed by atoms with E-state index in [0.717, 1.165) is 19.4 Å². The summed E-state index contributed by atoms with van der Waals surface area (Å²) in [5.41, 5.74) is 0. The first-order valence-electron chi connectivity index (χ1n) is 3.02. The highest BCUT2D eigenvalue weighted by molar-refractivity contribution is 8.22. The largest absolute Gasteiger partial charge is 0.479 e. The molecule has 9 heavy (non-hydrogen) atoms. The van der Waals surface area contributed by atoms with Gasteiger partial charge >= 0.3 is 0 Å². The van der Waals surface area contributed by atoms with Crippen molar-refractivity contribution in [2.75, 3.05) is 12.9 Å². The second-order valence-corrected chi connectivity index (χ2v) is 3.06. The molecule has 1 nitrogen and oxygen atoms in total. The first-order chi connectivity index (χ1) is 4.31. The van der Waals surface area contributed by atoms with Crippen LogP contribution < -0.4 is 0 Å². The van der Waals surface area contributed by atoms with Crippen LogP contribution in [0.25, 0.3) is 0 Å². The molecule has 0 aliphatic heterocycles. The highest BCUT2D eigenvalue weighted by Gasteiger charge is 1.90. The third-order valence-electron chi connectivity index (χ3n) is 0.884. The molecule has 0 rings (SSSR count). The van der Waals surface area contributed by atoms with Crippen molar-refractivity contribution in [3.63, 3.8) is 0 Å². The second kappa shape index (κ2) is 6.36. The second-order valence-electron chi connectivity index (χ2n) is 1.66. The van der Waals surface area contributed by atoms with Crippen molar-refractivity contribution in [1.29, 1.82) is 0 Å². The quantitative estimate of drug-likeness (QED) is 0.468. The summed E-state index contributed by atoms with van der Waals surface area (Å²) in [6.45, 7) is 2.90. The van der Waals surface area contributed by atoms with Crippen LogP contribution in [-0.4, -0.2) is 17.2 Å². The molecule has 0 spiro atoms. The summed E-state index contributed by atoms with van der Waals surface area (Å²) < 4.78 is 5.78. The van der Waals surface area contributed by atoms with Crippen molar-refractivity contribution in [3.05, 3.63) is 0 Å². The van der Waals surface area contributed by atoms with Crippen LogP contribution in [-0.2, 0) is 4.74 Å². The van der Waals surface area contributed by atoms with Crippen molar-refractivity contribution in [1.82, 2.24) is 0 Å². The zero-order valence-electron chi connectivity index (χ0n) is 5.85. The van der Waals surface area contributed by atoms with Crippen molar-refractivity contribution >= 4 is 28.4 Å². The predicted octanol–water partition coefficient (Wildman–Crippen LogP) is 2.45. The standard InChI is InChI=1S/C6H12OS2/c1-3-4-5-7-6(8)9-2/h3-5H2,1-2H3. The highest BCUT2D eigenvalue weighted by Crippen LogP contribution is 2.00. The van der Waals surface area contributed by atoms with E-state index in [1.54, 1.807) is 0 Å². The Kier molecular flexibility index (Phi) is 6.53. The van der Waals surface area contributed by atoms with Crippen molar-refractivity contribution < 1.29 is 4.74 Å². The van der Waals surface area contributed by atoms with Gasteiger partial charge in [0, 0.05) is 0 Å². The van der Waals surface area contributed by atoms with Gasteiger partial charge in [0.2, 0.25) is 4.38 Å². The molecule has 0 unspecified atom stereocenters. The minimum absolute atomic E-state index is 0.656. The molecule has 3 heteroatoms. The molecule has 0 heterocycles. The molecule has 0 saturated heterocycles. The molecule has 0 aliphatic rings. The maximum Gasteiger partial charge on any atom is 0.219 e. The Morgan fingerprint density at radius 1 is 1.67 bits per heavy atom. The molecular formula is C6H12OS2. The number of thiocarbonyl (C=S) groups is 1. The van der Waals surface area contributed by atoms with Crippen molar-refractivity contribution in [2.24, 2.45) is 0 Å². The Balaban J connectivity index is 2.97. The predicted molar refractivity (Wildman–Crippen MR) is 47.0 cm³/mol. The van der Waals surface area contributed by atoms with Crippen LogP contribution in [0.5, 0.6) is 0 Å². The minimum Gasteiger partial charge on any atom is -0.479 e. The summed E-state index contributed by atoms with van der Waals surface area (Å²) in [4.78, 5) is 0. The Bertz CT molecular complexity index is 83.1. The summed E-state index contributed by atoms with van der Waals surface area (Å²) in [5, 5.41) is 0. The number of hydrogen-bond donors (Lipinski definition) is 0. The topological polar surface area (TPSA) is 9.23 Å². The van der Waals surface area contributed by atoms with E-state index in [2.05, 4.69) is 6.92 Å². The number of rotatable bonds is 3. The van der Waals surface area contributed by atoms with Crippen molar-refractivity contribution in [2.45, 2.75) is 19.8 Å². The molecule has 0 aliphatic carbocycles. The van der Waals surface area contributed by atoms with Crippen LogP contribution >= 0.6 is 24.0 Å². The molecule has 0 radical (unpaired) electrons. The van der Waals surface area contributed by atoms with Crippen LogP contribution in [0.15, 0.2) is 0 Å². The van der Waals surface area contributed by atoms with Gasteiger partial charge in [0.1, 0.15) is 0 Å². The van der Waals surface area contributed by atoms with Gasteiger partial charge in [-0.15, -0.1) is 0 Å². The lowest BCUT2D eigenvalue weighted by Crippen LogP contribution is -1.97. The van der Waals surface area contributed by atoms with Gasteiger partial charge in [0.25, 0.3) is 0 Å². The summed E-state index contributed by atoms with van der Waals surface area (Å²) >= 11 is 6.29. The molecule has 0 aromatic rings. The Morgan fingerprint density at radius 2 is 2.33 bits per heavy atom. The molecular weight excluding hydrogens is 152 g/mol. The fourth-order valence-electron chi connectivity index (χ4n) is 0.359. The maximum atomic E-state index is 5.13. The highest BCUT2D eigenvalue weighted by atomic mass is 32.2. The van der Waals surface area contributed by atoms with Gasteiger partial charge < -0.3 is 4.74 Å². The maximum absolute atomic E-state index is 5.13. The van der Waals surface area contributed by atoms with Crippen molar-refractivity contribution in [3.8, 4) is 0 Å². The smallest absolute Gasteiger partial charge is 0.219 e. The minimum atomic E-state index is 0.656. The molecule has 0 aromatic carbocycles. The summed E-state index contributed by atoms with van der Waals surface area (Å²) in [5.74, 6) is 0. The van der Waals surface area contributed by atoms with Gasteiger partial charge in [-0.05, 0) is 24.9 Å². The van der Waals surface area contributed by atoms with E-state index < -0.39 is 0 Å². The number of hydrogen-bond acceptors (Lipinski definition) is 3. The van der Waals surface area contributed by atoms with Crippen LogP contribution in [0, 0.1) is 0 Å². The van der Waals surface area contributed by atoms with Gasteiger partial charge in [0.15, 0.2) is 0 Å². The fourth-order valence-corrected chi connectivity index (χ4v) is 0.643. The first-order valence-corrected chi connectivity index (χ1v) is 4.65. The molecule has 0 N–H and O–H groups in total. The third kappa shape index (κ3) is 6.12. The SMILES string of the molecule is CCCCOC(=S)SC. The van der Waals surface area contributed by atoms with E-state index in [1.807, 2.05) is 6.26 Å². The molecule has 0 amide bonds. The lowest BCUT2D eigenvalue weighted by atomic mass is 10.4. The van der Waals surface area contributed by atoms with Gasteiger partial charge in [-0.2, -0.15) is 0 Å². The van der Waals surface area contributed by atoms with Crippen LogP contribution in [0.1, 0.15) is 19.8 Å². The van der Waals surface area contributed by atoms with E-state index in [4.69, 9.17) is 17.0 Å². The fraction of sp³-hybridized carbons (Fsp3) is 0.833. The average Bonchev–Trinajstić information content (AvgIpc) is 1.89. The lowest BCUT2D eigenvalue weighted by molar-refractivity contribution is 0.313.